The van der Waals surface area contributed by atoms with Crippen LogP contribution in [-0.4, -0.2) is 21.4 Å². The molecular formula is C15H18N4O2. The summed E-state index contributed by atoms with van der Waals surface area (Å²) in [6, 6.07) is 6.22. The number of benzene rings is 1. The van der Waals surface area contributed by atoms with Gasteiger partial charge in [-0.1, -0.05) is 13.8 Å². The molecule has 0 amide bonds. The van der Waals surface area contributed by atoms with E-state index in [9.17, 15) is 10.1 Å². The van der Waals surface area contributed by atoms with E-state index >= 15 is 0 Å². The van der Waals surface area contributed by atoms with Gasteiger partial charge in [0, 0.05) is 42.2 Å². The Balaban J connectivity index is 2.02. The van der Waals surface area contributed by atoms with Gasteiger partial charge in [0.25, 0.3) is 5.69 Å². The summed E-state index contributed by atoms with van der Waals surface area (Å²) < 4.78 is 0. The third-order valence-electron chi connectivity index (χ3n) is 2.92. The Hall–Kier alpha value is -2.34. The third kappa shape index (κ3) is 4.32. The van der Waals surface area contributed by atoms with E-state index < -0.39 is 4.92 Å². The van der Waals surface area contributed by atoms with Gasteiger partial charge in [-0.3, -0.25) is 10.1 Å². The number of non-ortho nitro benzene ring substituents is 1. The van der Waals surface area contributed by atoms with Gasteiger partial charge in [0.2, 0.25) is 0 Å². The van der Waals surface area contributed by atoms with Gasteiger partial charge in [-0.2, -0.15) is 0 Å². The molecule has 0 bridgehead atoms. The fourth-order valence-corrected chi connectivity index (χ4v) is 1.83. The average Bonchev–Trinajstić information content (AvgIpc) is 2.48. The minimum Gasteiger partial charge on any atom is -0.312 e. The monoisotopic (exact) mass is 286 g/mol. The molecule has 2 rings (SSSR count). The molecule has 0 aliphatic rings. The number of nitrogens with zero attached hydrogens (tertiary/aromatic N) is 3. The normalized spacial score (nSPS) is 10.8. The van der Waals surface area contributed by atoms with E-state index in [1.165, 1.54) is 12.1 Å². The Morgan fingerprint density at radius 3 is 2.33 bits per heavy atom. The highest BCUT2D eigenvalue weighted by Crippen LogP contribution is 2.18. The van der Waals surface area contributed by atoms with Gasteiger partial charge in [-0.05, 0) is 24.6 Å². The van der Waals surface area contributed by atoms with Crippen LogP contribution in [0.5, 0.6) is 0 Å². The largest absolute Gasteiger partial charge is 0.312 e. The second-order valence-electron chi connectivity index (χ2n) is 5.24. The molecule has 0 radical (unpaired) electrons. The highest BCUT2D eigenvalue weighted by molar-refractivity contribution is 5.56. The summed E-state index contributed by atoms with van der Waals surface area (Å²) in [6.45, 7) is 5.99. The molecule has 1 heterocycles. The molecule has 6 nitrogen and oxygen atoms in total. The summed E-state index contributed by atoms with van der Waals surface area (Å²) in [6.07, 6.45) is 3.55. The Labute approximate surface area is 123 Å². The molecule has 0 atom stereocenters. The summed E-state index contributed by atoms with van der Waals surface area (Å²) in [7, 11) is 0. The van der Waals surface area contributed by atoms with Crippen LogP contribution in [0.3, 0.4) is 0 Å². The molecule has 0 aliphatic carbocycles. The van der Waals surface area contributed by atoms with Crippen LogP contribution in [0, 0.1) is 16.0 Å². The molecule has 110 valence electrons. The van der Waals surface area contributed by atoms with Crippen molar-refractivity contribution in [1.82, 2.24) is 15.3 Å². The average molecular weight is 286 g/mol. The quantitative estimate of drug-likeness (QED) is 0.652. The summed E-state index contributed by atoms with van der Waals surface area (Å²) in [5.74, 6) is 1.17. The topological polar surface area (TPSA) is 81.0 Å². The number of nitrogens with one attached hydrogen (secondary N) is 1. The highest BCUT2D eigenvalue weighted by atomic mass is 16.6. The lowest BCUT2D eigenvalue weighted by Gasteiger charge is -2.07. The lowest BCUT2D eigenvalue weighted by molar-refractivity contribution is -0.384. The number of rotatable bonds is 6. The van der Waals surface area contributed by atoms with Crippen molar-refractivity contribution in [2.45, 2.75) is 20.4 Å². The Morgan fingerprint density at radius 2 is 1.81 bits per heavy atom. The van der Waals surface area contributed by atoms with E-state index in [2.05, 4.69) is 29.1 Å². The molecule has 0 fully saturated rings. The van der Waals surface area contributed by atoms with Crippen molar-refractivity contribution in [3.8, 4) is 11.4 Å². The molecule has 1 aromatic carbocycles. The van der Waals surface area contributed by atoms with Crippen molar-refractivity contribution < 1.29 is 4.92 Å². The third-order valence-corrected chi connectivity index (χ3v) is 2.92. The van der Waals surface area contributed by atoms with E-state index in [1.54, 1.807) is 24.5 Å². The molecular weight excluding hydrogens is 268 g/mol. The molecule has 1 N–H and O–H groups in total. The maximum atomic E-state index is 10.6. The molecule has 0 saturated carbocycles. The van der Waals surface area contributed by atoms with Crippen LogP contribution < -0.4 is 5.32 Å². The number of nitro benzene ring substituents is 1. The zero-order valence-electron chi connectivity index (χ0n) is 12.1. The van der Waals surface area contributed by atoms with Crippen LogP contribution in [0.1, 0.15) is 19.4 Å². The van der Waals surface area contributed by atoms with Crippen molar-refractivity contribution in [2.24, 2.45) is 5.92 Å². The maximum absolute atomic E-state index is 10.6. The first-order valence-electron chi connectivity index (χ1n) is 6.82. The van der Waals surface area contributed by atoms with Crippen molar-refractivity contribution in [3.05, 3.63) is 52.3 Å². The summed E-state index contributed by atoms with van der Waals surface area (Å²) in [4.78, 5) is 18.8. The Morgan fingerprint density at radius 1 is 1.19 bits per heavy atom. The smallest absolute Gasteiger partial charge is 0.269 e. The molecule has 0 unspecified atom stereocenters. The molecule has 21 heavy (non-hydrogen) atoms. The van der Waals surface area contributed by atoms with Crippen molar-refractivity contribution in [3.63, 3.8) is 0 Å². The maximum Gasteiger partial charge on any atom is 0.269 e. The molecule has 6 heteroatoms. The second kappa shape index (κ2) is 6.90. The molecule has 0 spiro atoms. The number of hydrogen-bond donors (Lipinski definition) is 1. The lowest BCUT2D eigenvalue weighted by atomic mass is 10.2. The predicted molar refractivity (Wildman–Crippen MR) is 80.7 cm³/mol. The number of aromatic nitrogens is 2. The molecule has 2 aromatic rings. The van der Waals surface area contributed by atoms with Gasteiger partial charge >= 0.3 is 0 Å². The first kappa shape index (κ1) is 15.1. The van der Waals surface area contributed by atoms with E-state index in [-0.39, 0.29) is 5.69 Å². The van der Waals surface area contributed by atoms with Crippen LogP contribution in [0.25, 0.3) is 11.4 Å². The van der Waals surface area contributed by atoms with E-state index in [1.807, 2.05) is 0 Å². The first-order valence-corrected chi connectivity index (χ1v) is 6.82. The van der Waals surface area contributed by atoms with Crippen LogP contribution >= 0.6 is 0 Å². The lowest BCUT2D eigenvalue weighted by Crippen LogP contribution is -2.19. The van der Waals surface area contributed by atoms with Crippen LogP contribution in [0.4, 0.5) is 5.69 Å². The summed E-state index contributed by atoms with van der Waals surface area (Å²) >= 11 is 0. The zero-order chi connectivity index (χ0) is 15.2. The van der Waals surface area contributed by atoms with Crippen molar-refractivity contribution in [2.75, 3.05) is 6.54 Å². The molecule has 1 aromatic heterocycles. The van der Waals surface area contributed by atoms with Gasteiger partial charge in [-0.15, -0.1) is 0 Å². The van der Waals surface area contributed by atoms with Gasteiger partial charge in [-0.25, -0.2) is 9.97 Å². The fraction of sp³-hybridized carbons (Fsp3) is 0.333. The Bertz CT molecular complexity index is 594. The minimum absolute atomic E-state index is 0.0632. The van der Waals surface area contributed by atoms with E-state index in [0.29, 0.717) is 11.7 Å². The molecule has 0 aliphatic heterocycles. The standard InChI is InChI=1S/C15H18N4O2/c1-11(2)7-16-8-12-9-17-15(18-10-12)13-3-5-14(6-4-13)19(20)21/h3-6,9-11,16H,7-8H2,1-2H3. The number of hydrogen-bond acceptors (Lipinski definition) is 5. The zero-order valence-corrected chi connectivity index (χ0v) is 12.1. The van der Waals surface area contributed by atoms with Crippen LogP contribution in [0.15, 0.2) is 36.7 Å². The minimum atomic E-state index is -0.422. The highest BCUT2D eigenvalue weighted by Gasteiger charge is 2.07. The van der Waals surface area contributed by atoms with E-state index in [0.717, 1.165) is 24.2 Å². The molecule has 0 saturated heterocycles. The van der Waals surface area contributed by atoms with Crippen LogP contribution in [0.2, 0.25) is 0 Å². The van der Waals surface area contributed by atoms with Crippen LogP contribution in [-0.2, 0) is 6.54 Å². The first-order chi connectivity index (χ1) is 10.1. The summed E-state index contributed by atoms with van der Waals surface area (Å²) in [5.41, 5.74) is 1.84. The van der Waals surface area contributed by atoms with Crippen molar-refractivity contribution in [1.29, 1.82) is 0 Å². The fourth-order valence-electron chi connectivity index (χ4n) is 1.83. The van der Waals surface area contributed by atoms with Gasteiger partial charge in [0.05, 0.1) is 4.92 Å². The van der Waals surface area contributed by atoms with Gasteiger partial charge < -0.3 is 5.32 Å². The Kier molecular flexibility index (Phi) is 4.94. The van der Waals surface area contributed by atoms with Crippen molar-refractivity contribution >= 4 is 5.69 Å². The van der Waals surface area contributed by atoms with Gasteiger partial charge in [0.15, 0.2) is 5.82 Å². The van der Waals surface area contributed by atoms with Gasteiger partial charge in [0.1, 0.15) is 0 Å². The summed E-state index contributed by atoms with van der Waals surface area (Å²) in [5, 5.41) is 13.9. The SMILES string of the molecule is CC(C)CNCc1cnc(-c2ccc([N+](=O)[O-])cc2)nc1. The predicted octanol–water partition coefficient (Wildman–Crippen LogP) is 2.80. The second-order valence-corrected chi connectivity index (χ2v) is 5.24. The van der Waals surface area contributed by atoms with E-state index in [4.69, 9.17) is 0 Å². The number of nitro groups is 1.